The van der Waals surface area contributed by atoms with Gasteiger partial charge in [0.25, 0.3) is 5.91 Å². The van der Waals surface area contributed by atoms with Gasteiger partial charge in [0, 0.05) is 18.8 Å². The van der Waals surface area contributed by atoms with Gasteiger partial charge in [-0.2, -0.15) is 8.78 Å². The Labute approximate surface area is 121 Å². The predicted octanol–water partition coefficient (Wildman–Crippen LogP) is 3.12. The fourth-order valence-corrected chi connectivity index (χ4v) is 2.09. The van der Waals surface area contributed by atoms with E-state index in [1.165, 1.54) is 6.07 Å². The Morgan fingerprint density at radius 3 is 2.57 bits per heavy atom. The second-order valence-corrected chi connectivity index (χ2v) is 4.62. The molecule has 112 valence electrons. The van der Waals surface area contributed by atoms with Crippen LogP contribution >= 0.6 is 0 Å². The van der Waals surface area contributed by atoms with Crippen molar-refractivity contribution in [3.8, 4) is 5.75 Å². The molecule has 0 saturated carbocycles. The van der Waals surface area contributed by atoms with Crippen LogP contribution in [-0.2, 0) is 7.05 Å². The largest absolute Gasteiger partial charge is 0.434 e. The van der Waals surface area contributed by atoms with E-state index in [-0.39, 0.29) is 11.7 Å². The first-order chi connectivity index (χ1) is 9.99. The molecule has 0 saturated heterocycles. The van der Waals surface area contributed by atoms with Crippen molar-refractivity contribution in [2.75, 3.05) is 0 Å². The summed E-state index contributed by atoms with van der Waals surface area (Å²) in [5, 5.41) is 2.77. The van der Waals surface area contributed by atoms with Gasteiger partial charge in [0.2, 0.25) is 0 Å². The number of rotatable bonds is 5. The molecule has 2 rings (SSSR count). The van der Waals surface area contributed by atoms with Gasteiger partial charge in [0.1, 0.15) is 11.4 Å². The van der Waals surface area contributed by atoms with Crippen molar-refractivity contribution in [1.29, 1.82) is 0 Å². The van der Waals surface area contributed by atoms with Gasteiger partial charge >= 0.3 is 6.61 Å². The quantitative estimate of drug-likeness (QED) is 0.920. The zero-order valence-electron chi connectivity index (χ0n) is 11.7. The number of hydrogen-bond donors (Lipinski definition) is 1. The van der Waals surface area contributed by atoms with Crippen LogP contribution < -0.4 is 10.1 Å². The van der Waals surface area contributed by atoms with E-state index in [0.717, 1.165) is 0 Å². The summed E-state index contributed by atoms with van der Waals surface area (Å²) in [6, 6.07) is 9.39. The topological polar surface area (TPSA) is 43.3 Å². The van der Waals surface area contributed by atoms with Gasteiger partial charge in [-0.15, -0.1) is 0 Å². The smallest absolute Gasteiger partial charge is 0.387 e. The van der Waals surface area contributed by atoms with Crippen LogP contribution in [0.3, 0.4) is 0 Å². The van der Waals surface area contributed by atoms with Gasteiger partial charge in [-0.1, -0.05) is 18.2 Å². The monoisotopic (exact) mass is 294 g/mol. The number of nitrogens with zero attached hydrogens (tertiary/aromatic N) is 1. The van der Waals surface area contributed by atoms with Crippen molar-refractivity contribution in [2.45, 2.75) is 19.6 Å². The number of amides is 1. The van der Waals surface area contributed by atoms with Crippen molar-refractivity contribution in [3.05, 3.63) is 53.9 Å². The molecule has 0 aliphatic rings. The molecule has 1 atom stereocenters. The third-order valence-electron chi connectivity index (χ3n) is 3.13. The fourth-order valence-electron chi connectivity index (χ4n) is 2.09. The Bertz CT molecular complexity index is 626. The summed E-state index contributed by atoms with van der Waals surface area (Å²) in [5.74, 6) is -0.214. The summed E-state index contributed by atoms with van der Waals surface area (Å²) >= 11 is 0. The van der Waals surface area contributed by atoms with Crippen molar-refractivity contribution < 1.29 is 18.3 Å². The molecule has 1 heterocycles. The summed E-state index contributed by atoms with van der Waals surface area (Å²) in [4.78, 5) is 12.1. The van der Waals surface area contributed by atoms with E-state index >= 15 is 0 Å². The highest BCUT2D eigenvalue weighted by molar-refractivity contribution is 5.93. The molecular weight excluding hydrogens is 278 g/mol. The van der Waals surface area contributed by atoms with Crippen LogP contribution in [0.2, 0.25) is 0 Å². The number of para-hydroxylation sites is 1. The summed E-state index contributed by atoms with van der Waals surface area (Å²) in [6.45, 7) is -1.18. The molecule has 0 aliphatic heterocycles. The predicted molar refractivity (Wildman–Crippen MR) is 74.4 cm³/mol. The highest BCUT2D eigenvalue weighted by Gasteiger charge is 2.18. The molecule has 0 unspecified atom stereocenters. The lowest BCUT2D eigenvalue weighted by atomic mass is 10.1. The molecule has 1 aromatic heterocycles. The fraction of sp³-hybridized carbons (Fsp3) is 0.267. The minimum Gasteiger partial charge on any atom is -0.434 e. The molecule has 0 aliphatic carbocycles. The van der Waals surface area contributed by atoms with E-state index in [1.54, 1.807) is 55.1 Å². The number of alkyl halides is 2. The summed E-state index contributed by atoms with van der Waals surface area (Å²) in [5.41, 5.74) is 0.995. The van der Waals surface area contributed by atoms with E-state index in [2.05, 4.69) is 10.1 Å². The maximum absolute atomic E-state index is 12.4. The maximum atomic E-state index is 12.4. The number of ether oxygens (including phenoxy) is 1. The van der Waals surface area contributed by atoms with Gasteiger partial charge in [-0.05, 0) is 25.1 Å². The summed E-state index contributed by atoms with van der Waals surface area (Å²) < 4.78 is 30.9. The third kappa shape index (κ3) is 3.59. The third-order valence-corrected chi connectivity index (χ3v) is 3.13. The van der Waals surface area contributed by atoms with Gasteiger partial charge in [0.15, 0.2) is 0 Å². The number of aromatic nitrogens is 1. The van der Waals surface area contributed by atoms with Crippen LogP contribution in [0.25, 0.3) is 0 Å². The van der Waals surface area contributed by atoms with Gasteiger partial charge < -0.3 is 14.6 Å². The SMILES string of the molecule is C[C@H](NC(=O)c1cccn1C)c1ccccc1OC(F)F. The molecule has 1 aromatic carbocycles. The molecule has 0 fully saturated rings. The van der Waals surface area contributed by atoms with Crippen molar-refractivity contribution in [1.82, 2.24) is 9.88 Å². The van der Waals surface area contributed by atoms with E-state index in [9.17, 15) is 13.6 Å². The minimum absolute atomic E-state index is 0.0622. The van der Waals surface area contributed by atoms with Gasteiger partial charge in [-0.3, -0.25) is 4.79 Å². The average Bonchev–Trinajstić information content (AvgIpc) is 2.85. The lowest BCUT2D eigenvalue weighted by Gasteiger charge is -2.18. The molecule has 0 radical (unpaired) electrons. The first-order valence-electron chi connectivity index (χ1n) is 6.45. The molecular formula is C15H16F2N2O2. The number of halogens is 2. The number of aryl methyl sites for hydroxylation is 1. The van der Waals surface area contributed by atoms with Crippen LogP contribution in [0.1, 0.15) is 29.0 Å². The molecule has 1 N–H and O–H groups in total. The van der Waals surface area contributed by atoms with Crippen LogP contribution in [0.4, 0.5) is 8.78 Å². The standard InChI is InChI=1S/C15H16F2N2O2/c1-10(18-14(20)12-7-5-9-19(12)2)11-6-3-4-8-13(11)21-15(16)17/h3-10,15H,1-2H3,(H,18,20)/t10-/m0/s1. The lowest BCUT2D eigenvalue weighted by Crippen LogP contribution is -2.28. The average molecular weight is 294 g/mol. The number of benzene rings is 1. The molecule has 0 bridgehead atoms. The Morgan fingerprint density at radius 1 is 1.24 bits per heavy atom. The Hall–Kier alpha value is -2.37. The molecule has 21 heavy (non-hydrogen) atoms. The second-order valence-electron chi connectivity index (χ2n) is 4.62. The van der Waals surface area contributed by atoms with Gasteiger partial charge in [-0.25, -0.2) is 0 Å². The van der Waals surface area contributed by atoms with Crippen LogP contribution in [0, 0.1) is 0 Å². The van der Waals surface area contributed by atoms with E-state index in [0.29, 0.717) is 11.3 Å². The highest BCUT2D eigenvalue weighted by Crippen LogP contribution is 2.26. The van der Waals surface area contributed by atoms with Crippen molar-refractivity contribution >= 4 is 5.91 Å². The highest BCUT2D eigenvalue weighted by atomic mass is 19.3. The summed E-state index contributed by atoms with van der Waals surface area (Å²) in [6.07, 6.45) is 1.76. The molecule has 6 heteroatoms. The van der Waals surface area contributed by atoms with Crippen molar-refractivity contribution in [3.63, 3.8) is 0 Å². The minimum atomic E-state index is -2.90. The Morgan fingerprint density at radius 2 is 1.95 bits per heavy atom. The second kappa shape index (κ2) is 6.39. The number of hydrogen-bond acceptors (Lipinski definition) is 2. The number of carbonyl (C=O) groups is 1. The zero-order valence-corrected chi connectivity index (χ0v) is 11.7. The van der Waals surface area contributed by atoms with Crippen LogP contribution in [0.15, 0.2) is 42.6 Å². The normalized spacial score (nSPS) is 12.2. The van der Waals surface area contributed by atoms with E-state index in [1.807, 2.05) is 0 Å². The molecule has 2 aromatic rings. The molecule has 4 nitrogen and oxygen atoms in total. The molecule has 0 spiro atoms. The van der Waals surface area contributed by atoms with Crippen LogP contribution in [0.5, 0.6) is 5.75 Å². The Balaban J connectivity index is 2.15. The first-order valence-corrected chi connectivity index (χ1v) is 6.45. The first kappa shape index (κ1) is 15.0. The van der Waals surface area contributed by atoms with E-state index in [4.69, 9.17) is 0 Å². The van der Waals surface area contributed by atoms with E-state index < -0.39 is 12.7 Å². The number of carbonyl (C=O) groups excluding carboxylic acids is 1. The molecule has 1 amide bonds. The van der Waals surface area contributed by atoms with Crippen molar-refractivity contribution in [2.24, 2.45) is 7.05 Å². The zero-order chi connectivity index (χ0) is 15.4. The van der Waals surface area contributed by atoms with Crippen LogP contribution in [-0.4, -0.2) is 17.1 Å². The summed E-state index contributed by atoms with van der Waals surface area (Å²) in [7, 11) is 1.76. The van der Waals surface area contributed by atoms with Gasteiger partial charge in [0.05, 0.1) is 6.04 Å². The maximum Gasteiger partial charge on any atom is 0.387 e. The Kier molecular flexibility index (Phi) is 4.57. The lowest BCUT2D eigenvalue weighted by molar-refractivity contribution is -0.0506. The number of nitrogens with one attached hydrogen (secondary N) is 1.